The van der Waals surface area contributed by atoms with E-state index in [-0.39, 0.29) is 0 Å². The minimum atomic E-state index is 0.664. The van der Waals surface area contributed by atoms with Crippen molar-refractivity contribution in [3.63, 3.8) is 0 Å². The molecular formula is C14H16N2O. The average Bonchev–Trinajstić information content (AvgIpc) is 2.39. The lowest BCUT2D eigenvalue weighted by Gasteiger charge is -2.07. The van der Waals surface area contributed by atoms with Crippen molar-refractivity contribution >= 4 is 5.69 Å². The number of aromatic nitrogens is 1. The third-order valence-corrected chi connectivity index (χ3v) is 2.35. The summed E-state index contributed by atoms with van der Waals surface area (Å²) in [5.41, 5.74) is 2.22. The van der Waals surface area contributed by atoms with Gasteiger partial charge in [-0.05, 0) is 30.7 Å². The molecule has 2 rings (SSSR count). The van der Waals surface area contributed by atoms with Gasteiger partial charge in [0.2, 0.25) is 0 Å². The van der Waals surface area contributed by atoms with Gasteiger partial charge in [-0.3, -0.25) is 4.98 Å². The smallest absolute Gasteiger partial charge is 0.137 e. The van der Waals surface area contributed by atoms with E-state index >= 15 is 0 Å². The molecule has 2 aromatic rings. The number of benzene rings is 1. The van der Waals surface area contributed by atoms with Crippen molar-refractivity contribution in [2.45, 2.75) is 13.5 Å². The predicted octanol–water partition coefficient (Wildman–Crippen LogP) is 3.09. The summed E-state index contributed by atoms with van der Waals surface area (Å²) in [6.07, 6.45) is 3.58. The van der Waals surface area contributed by atoms with Crippen molar-refractivity contribution in [1.82, 2.24) is 4.98 Å². The second-order valence-electron chi connectivity index (χ2n) is 3.68. The van der Waals surface area contributed by atoms with Crippen LogP contribution in [0.3, 0.4) is 0 Å². The molecule has 0 saturated carbocycles. The Labute approximate surface area is 101 Å². The first kappa shape index (κ1) is 11.5. The zero-order valence-electron chi connectivity index (χ0n) is 9.89. The molecule has 0 fully saturated rings. The van der Waals surface area contributed by atoms with Gasteiger partial charge in [-0.2, -0.15) is 0 Å². The molecule has 0 aliphatic rings. The number of pyridine rings is 1. The van der Waals surface area contributed by atoms with E-state index < -0.39 is 0 Å². The van der Waals surface area contributed by atoms with Crippen LogP contribution in [0.15, 0.2) is 48.8 Å². The molecule has 0 radical (unpaired) electrons. The maximum atomic E-state index is 5.41. The Hall–Kier alpha value is -2.03. The van der Waals surface area contributed by atoms with Crippen molar-refractivity contribution in [3.8, 4) is 5.75 Å². The molecule has 0 amide bonds. The fourth-order valence-corrected chi connectivity index (χ4v) is 1.57. The molecule has 0 aliphatic carbocycles. The molecule has 0 aliphatic heterocycles. The number of rotatable bonds is 5. The van der Waals surface area contributed by atoms with Crippen molar-refractivity contribution in [3.05, 3.63) is 54.4 Å². The van der Waals surface area contributed by atoms with Crippen LogP contribution in [0.4, 0.5) is 5.69 Å². The maximum Gasteiger partial charge on any atom is 0.137 e. The van der Waals surface area contributed by atoms with Crippen LogP contribution in [0.5, 0.6) is 5.75 Å². The second kappa shape index (κ2) is 5.89. The molecule has 1 N–H and O–H groups in total. The van der Waals surface area contributed by atoms with Crippen LogP contribution in [0.1, 0.15) is 12.5 Å². The third kappa shape index (κ3) is 3.48. The van der Waals surface area contributed by atoms with Crippen molar-refractivity contribution in [2.75, 3.05) is 11.9 Å². The topological polar surface area (TPSA) is 34.1 Å². The lowest BCUT2D eigenvalue weighted by molar-refractivity contribution is 0.338. The molecule has 1 aromatic carbocycles. The molecule has 1 aromatic heterocycles. The van der Waals surface area contributed by atoms with Gasteiger partial charge in [0.05, 0.1) is 12.8 Å². The van der Waals surface area contributed by atoms with Crippen LogP contribution in [-0.4, -0.2) is 11.6 Å². The van der Waals surface area contributed by atoms with Gasteiger partial charge in [0, 0.05) is 18.4 Å². The van der Waals surface area contributed by atoms with E-state index in [1.807, 2.05) is 49.5 Å². The molecule has 0 atom stereocenters. The quantitative estimate of drug-likeness (QED) is 0.853. The van der Waals surface area contributed by atoms with Gasteiger partial charge < -0.3 is 10.1 Å². The van der Waals surface area contributed by atoms with Gasteiger partial charge in [-0.25, -0.2) is 0 Å². The summed E-state index contributed by atoms with van der Waals surface area (Å²) in [7, 11) is 0. The maximum absolute atomic E-state index is 5.41. The number of hydrogen-bond donors (Lipinski definition) is 1. The Balaban J connectivity index is 1.97. The Morgan fingerprint density at radius 3 is 2.76 bits per heavy atom. The molecule has 3 nitrogen and oxygen atoms in total. The van der Waals surface area contributed by atoms with E-state index in [9.17, 15) is 0 Å². The molecule has 0 saturated heterocycles. The van der Waals surface area contributed by atoms with Crippen LogP contribution >= 0.6 is 0 Å². The van der Waals surface area contributed by atoms with E-state index in [0.717, 1.165) is 23.5 Å². The van der Waals surface area contributed by atoms with E-state index in [0.29, 0.717) is 6.61 Å². The van der Waals surface area contributed by atoms with Crippen molar-refractivity contribution < 1.29 is 4.74 Å². The highest BCUT2D eigenvalue weighted by atomic mass is 16.5. The van der Waals surface area contributed by atoms with E-state index in [1.54, 1.807) is 6.20 Å². The highest BCUT2D eigenvalue weighted by Gasteiger charge is 1.97. The Kier molecular flexibility index (Phi) is 3.97. The predicted molar refractivity (Wildman–Crippen MR) is 69.2 cm³/mol. The largest absolute Gasteiger partial charge is 0.492 e. The first-order valence-electron chi connectivity index (χ1n) is 5.74. The second-order valence-corrected chi connectivity index (χ2v) is 3.68. The van der Waals surface area contributed by atoms with Gasteiger partial charge in [-0.1, -0.05) is 18.2 Å². The van der Waals surface area contributed by atoms with Crippen LogP contribution in [-0.2, 0) is 6.54 Å². The minimum absolute atomic E-state index is 0.664. The number of anilines is 1. The van der Waals surface area contributed by atoms with Crippen LogP contribution in [0.2, 0.25) is 0 Å². The minimum Gasteiger partial charge on any atom is -0.492 e. The van der Waals surface area contributed by atoms with Gasteiger partial charge in [0.25, 0.3) is 0 Å². The third-order valence-electron chi connectivity index (χ3n) is 2.35. The van der Waals surface area contributed by atoms with E-state index in [1.165, 1.54) is 0 Å². The standard InChI is InChI=1S/C14H16N2O/c1-2-17-14-8-12(9-15-11-14)10-16-13-6-4-3-5-7-13/h3-9,11,16H,2,10H2,1H3. The first-order valence-corrected chi connectivity index (χ1v) is 5.74. The molecule has 1 heterocycles. The molecule has 0 spiro atoms. The van der Waals surface area contributed by atoms with Gasteiger partial charge in [-0.15, -0.1) is 0 Å². The van der Waals surface area contributed by atoms with Gasteiger partial charge >= 0.3 is 0 Å². The molecular weight excluding hydrogens is 212 g/mol. The Morgan fingerprint density at radius 1 is 1.18 bits per heavy atom. The SMILES string of the molecule is CCOc1cncc(CNc2ccccc2)c1. The normalized spacial score (nSPS) is 9.94. The van der Waals surface area contributed by atoms with Crippen LogP contribution in [0, 0.1) is 0 Å². The molecule has 88 valence electrons. The Morgan fingerprint density at radius 2 is 2.00 bits per heavy atom. The number of para-hydroxylation sites is 1. The molecule has 0 unspecified atom stereocenters. The van der Waals surface area contributed by atoms with Crippen LogP contribution < -0.4 is 10.1 Å². The highest BCUT2D eigenvalue weighted by molar-refractivity contribution is 5.43. The summed E-state index contributed by atoms with van der Waals surface area (Å²) in [4.78, 5) is 4.15. The number of ether oxygens (including phenoxy) is 1. The zero-order valence-corrected chi connectivity index (χ0v) is 9.89. The summed E-state index contributed by atoms with van der Waals surface area (Å²) in [6, 6.07) is 12.1. The first-order chi connectivity index (χ1) is 8.38. The van der Waals surface area contributed by atoms with E-state index in [4.69, 9.17) is 4.74 Å². The van der Waals surface area contributed by atoms with Crippen LogP contribution in [0.25, 0.3) is 0 Å². The van der Waals surface area contributed by atoms with Crippen molar-refractivity contribution in [2.24, 2.45) is 0 Å². The number of hydrogen-bond acceptors (Lipinski definition) is 3. The van der Waals surface area contributed by atoms with Gasteiger partial charge in [0.1, 0.15) is 5.75 Å². The Bertz CT molecular complexity index is 457. The summed E-state index contributed by atoms with van der Waals surface area (Å²) >= 11 is 0. The summed E-state index contributed by atoms with van der Waals surface area (Å²) in [6.45, 7) is 3.38. The monoisotopic (exact) mass is 228 g/mol. The van der Waals surface area contributed by atoms with E-state index in [2.05, 4.69) is 10.3 Å². The van der Waals surface area contributed by atoms with Crippen molar-refractivity contribution in [1.29, 1.82) is 0 Å². The lowest BCUT2D eigenvalue weighted by Crippen LogP contribution is -2.00. The molecule has 17 heavy (non-hydrogen) atoms. The lowest BCUT2D eigenvalue weighted by atomic mass is 10.2. The number of nitrogens with zero attached hydrogens (tertiary/aromatic N) is 1. The highest BCUT2D eigenvalue weighted by Crippen LogP contribution is 2.13. The summed E-state index contributed by atoms with van der Waals surface area (Å²) in [5.74, 6) is 0.819. The number of nitrogens with one attached hydrogen (secondary N) is 1. The van der Waals surface area contributed by atoms with Gasteiger partial charge in [0.15, 0.2) is 0 Å². The molecule has 3 heteroatoms. The fourth-order valence-electron chi connectivity index (χ4n) is 1.57. The average molecular weight is 228 g/mol. The fraction of sp³-hybridized carbons (Fsp3) is 0.214. The summed E-state index contributed by atoms with van der Waals surface area (Å²) < 4.78 is 5.41. The molecule has 0 bridgehead atoms. The zero-order chi connectivity index (χ0) is 11.9. The summed E-state index contributed by atoms with van der Waals surface area (Å²) in [5, 5.41) is 3.33.